The van der Waals surface area contributed by atoms with Gasteiger partial charge in [-0.15, -0.1) is 0 Å². The van der Waals surface area contributed by atoms with Crippen LogP contribution in [0.15, 0.2) is 60.4 Å². The Balaban J connectivity index is 0.000000480. The Morgan fingerprint density at radius 1 is 1.00 bits per heavy atom. The molecule has 0 saturated carbocycles. The largest absolute Gasteiger partial charge is 0.542 e. The van der Waals surface area contributed by atoms with Crippen molar-refractivity contribution in [1.29, 1.82) is 0 Å². The van der Waals surface area contributed by atoms with Crippen molar-refractivity contribution >= 4 is 12.0 Å². The second-order valence-corrected chi connectivity index (χ2v) is 7.02. The molecule has 2 aromatic rings. The lowest BCUT2D eigenvalue weighted by Gasteiger charge is -2.08. The zero-order valence-corrected chi connectivity index (χ0v) is 17.3. The molecular formula is C23H31NO4. The van der Waals surface area contributed by atoms with Gasteiger partial charge in [0.15, 0.2) is 0 Å². The van der Waals surface area contributed by atoms with Crippen LogP contribution in [0.5, 0.6) is 5.75 Å². The zero-order chi connectivity index (χ0) is 20.9. The van der Waals surface area contributed by atoms with E-state index in [1.165, 1.54) is 13.2 Å². The lowest BCUT2D eigenvalue weighted by atomic mass is 10.2. The summed E-state index contributed by atoms with van der Waals surface area (Å²) in [5, 5.41) is 13.1. The quantitative estimate of drug-likeness (QED) is 0.559. The van der Waals surface area contributed by atoms with E-state index in [2.05, 4.69) is 33.0 Å². The lowest BCUT2D eigenvalue weighted by Crippen LogP contribution is -2.92. The molecule has 2 N–H and O–H groups in total. The van der Waals surface area contributed by atoms with Gasteiger partial charge in [0.25, 0.3) is 0 Å². The van der Waals surface area contributed by atoms with Crippen LogP contribution in [-0.2, 0) is 16.1 Å². The summed E-state index contributed by atoms with van der Waals surface area (Å²) in [7, 11) is 1.29. The first kappa shape index (κ1) is 23.2. The first-order valence-electron chi connectivity index (χ1n) is 9.40. The maximum absolute atomic E-state index is 10.7. The topological polar surface area (TPSA) is 75.2 Å². The molecule has 5 heteroatoms. The first-order valence-corrected chi connectivity index (χ1v) is 9.40. The third kappa shape index (κ3) is 9.78. The van der Waals surface area contributed by atoms with Gasteiger partial charge in [0.05, 0.1) is 19.2 Å². The highest BCUT2D eigenvalue weighted by Crippen LogP contribution is 2.16. The number of methoxy groups -OCH3 is 1. The number of nitrogens with two attached hydrogens (primary N) is 1. The van der Waals surface area contributed by atoms with Crippen molar-refractivity contribution in [3.63, 3.8) is 0 Å². The van der Waals surface area contributed by atoms with Crippen LogP contribution in [0.4, 0.5) is 0 Å². The van der Waals surface area contributed by atoms with Crippen molar-refractivity contribution in [2.45, 2.75) is 46.4 Å². The van der Waals surface area contributed by atoms with E-state index < -0.39 is 5.97 Å². The highest BCUT2D eigenvalue weighted by atomic mass is 16.5. The van der Waals surface area contributed by atoms with E-state index in [1.807, 2.05) is 30.3 Å². The normalized spacial score (nSPS) is 11.0. The van der Waals surface area contributed by atoms with E-state index in [9.17, 15) is 9.90 Å². The second-order valence-electron chi connectivity index (χ2n) is 7.02. The molecule has 28 heavy (non-hydrogen) atoms. The van der Waals surface area contributed by atoms with Crippen molar-refractivity contribution in [2.75, 3.05) is 7.11 Å². The van der Waals surface area contributed by atoms with E-state index in [0.717, 1.165) is 17.6 Å². The minimum Gasteiger partial charge on any atom is -0.542 e. The van der Waals surface area contributed by atoms with Crippen LogP contribution in [0.3, 0.4) is 0 Å². The Morgan fingerprint density at radius 3 is 2.00 bits per heavy atom. The standard InChI is InChI=1S/C17H16O4.C6H15N/c1-20-16(17(18)19)11-13-7-9-15(10-8-13)21-12-14-5-3-2-4-6-14;1-5(2)7-6(3)4/h2-11H,12H2,1H3,(H,18,19);5-7H,1-4H3. The fourth-order valence-corrected chi connectivity index (χ4v) is 2.52. The Kier molecular flexibility index (Phi) is 10.4. The number of carbonyl (C=O) groups is 1. The van der Waals surface area contributed by atoms with Crippen LogP contribution >= 0.6 is 0 Å². The Hall–Kier alpha value is -2.79. The van der Waals surface area contributed by atoms with E-state index >= 15 is 0 Å². The summed E-state index contributed by atoms with van der Waals surface area (Å²) in [6.45, 7) is 9.32. The molecular weight excluding hydrogens is 354 g/mol. The van der Waals surface area contributed by atoms with Crippen molar-refractivity contribution in [1.82, 2.24) is 0 Å². The second kappa shape index (κ2) is 12.6. The Bertz CT molecular complexity index is 716. The summed E-state index contributed by atoms with van der Waals surface area (Å²) in [6, 6.07) is 18.4. The maximum Gasteiger partial charge on any atom is 0.142 e. The summed E-state index contributed by atoms with van der Waals surface area (Å²) in [6.07, 6.45) is 1.40. The van der Waals surface area contributed by atoms with Gasteiger partial charge in [-0.2, -0.15) is 0 Å². The summed E-state index contributed by atoms with van der Waals surface area (Å²) >= 11 is 0. The van der Waals surface area contributed by atoms with Crippen LogP contribution in [0.1, 0.15) is 38.8 Å². The number of quaternary nitrogens is 1. The molecule has 0 radical (unpaired) electrons. The molecule has 0 saturated heterocycles. The van der Waals surface area contributed by atoms with Crippen LogP contribution < -0.4 is 15.2 Å². The molecule has 0 aromatic heterocycles. The average molecular weight is 386 g/mol. The molecule has 5 nitrogen and oxygen atoms in total. The number of carboxylic acid groups (broad SMARTS) is 1. The molecule has 2 aromatic carbocycles. The SMILES string of the molecule is CC(C)[NH2+]C(C)C.COC(=Cc1ccc(OCc2ccccc2)cc1)C(=O)[O-]. The number of aliphatic carboxylic acids is 1. The minimum absolute atomic E-state index is 0.215. The van der Waals surface area contributed by atoms with Crippen LogP contribution in [0, 0.1) is 0 Å². The molecule has 2 rings (SSSR count). The number of carbonyl (C=O) groups excluding carboxylic acids is 1. The van der Waals surface area contributed by atoms with Crippen molar-refractivity contribution < 1.29 is 24.7 Å². The molecule has 0 spiro atoms. The molecule has 0 amide bonds. The number of hydrogen-bond donors (Lipinski definition) is 1. The summed E-state index contributed by atoms with van der Waals surface area (Å²) in [5.41, 5.74) is 1.78. The number of carboxylic acids is 1. The molecule has 0 unspecified atom stereocenters. The van der Waals surface area contributed by atoms with Gasteiger partial charge in [-0.25, -0.2) is 0 Å². The molecule has 0 aliphatic carbocycles. The fraction of sp³-hybridized carbons (Fsp3) is 0.348. The Labute approximate surface area is 168 Å². The third-order valence-corrected chi connectivity index (χ3v) is 3.62. The van der Waals surface area contributed by atoms with Gasteiger partial charge >= 0.3 is 0 Å². The maximum atomic E-state index is 10.7. The van der Waals surface area contributed by atoms with Crippen molar-refractivity contribution in [2.24, 2.45) is 0 Å². The Morgan fingerprint density at radius 2 is 1.57 bits per heavy atom. The zero-order valence-electron chi connectivity index (χ0n) is 17.3. The number of rotatable bonds is 8. The first-order chi connectivity index (χ1) is 13.3. The fourth-order valence-electron chi connectivity index (χ4n) is 2.52. The molecule has 152 valence electrons. The molecule has 0 aliphatic heterocycles. The van der Waals surface area contributed by atoms with Gasteiger partial charge in [0.2, 0.25) is 0 Å². The van der Waals surface area contributed by atoms with Crippen molar-refractivity contribution in [3.05, 3.63) is 71.5 Å². The van der Waals surface area contributed by atoms with Gasteiger partial charge in [-0.3, -0.25) is 0 Å². The highest BCUT2D eigenvalue weighted by Gasteiger charge is 2.00. The van der Waals surface area contributed by atoms with E-state index in [0.29, 0.717) is 17.9 Å². The van der Waals surface area contributed by atoms with E-state index in [1.54, 1.807) is 24.3 Å². The molecule has 0 fully saturated rings. The third-order valence-electron chi connectivity index (χ3n) is 3.62. The van der Waals surface area contributed by atoms with Gasteiger partial charge in [0, 0.05) is 0 Å². The average Bonchev–Trinajstić information content (AvgIpc) is 2.65. The smallest absolute Gasteiger partial charge is 0.142 e. The van der Waals surface area contributed by atoms with Gasteiger partial charge in [-0.05, 0) is 57.0 Å². The molecule has 0 bridgehead atoms. The van der Waals surface area contributed by atoms with Gasteiger partial charge in [0.1, 0.15) is 24.1 Å². The number of benzene rings is 2. The molecule has 0 aliphatic rings. The summed E-state index contributed by atoms with van der Waals surface area (Å²) in [5.74, 6) is -0.849. The monoisotopic (exact) mass is 385 g/mol. The molecule has 0 atom stereocenters. The van der Waals surface area contributed by atoms with Crippen LogP contribution in [0.25, 0.3) is 6.08 Å². The van der Waals surface area contributed by atoms with E-state index in [-0.39, 0.29) is 5.76 Å². The van der Waals surface area contributed by atoms with Crippen molar-refractivity contribution in [3.8, 4) is 5.75 Å². The molecule has 0 heterocycles. The van der Waals surface area contributed by atoms with E-state index in [4.69, 9.17) is 9.47 Å². The highest BCUT2D eigenvalue weighted by molar-refractivity contribution is 5.88. The van der Waals surface area contributed by atoms with Gasteiger partial charge in [-0.1, -0.05) is 42.5 Å². The summed E-state index contributed by atoms with van der Waals surface area (Å²) in [4.78, 5) is 10.7. The van der Waals surface area contributed by atoms with Gasteiger partial charge < -0.3 is 24.7 Å². The predicted octanol–water partition coefficient (Wildman–Crippen LogP) is 2.37. The number of ether oxygens (including phenoxy) is 2. The minimum atomic E-state index is -1.35. The lowest BCUT2D eigenvalue weighted by molar-refractivity contribution is -0.709. The number of hydrogen-bond acceptors (Lipinski definition) is 4. The van der Waals surface area contributed by atoms with Crippen LogP contribution in [-0.4, -0.2) is 25.2 Å². The van der Waals surface area contributed by atoms with Crippen LogP contribution in [0.2, 0.25) is 0 Å². The summed E-state index contributed by atoms with van der Waals surface area (Å²) < 4.78 is 10.4. The predicted molar refractivity (Wildman–Crippen MR) is 109 cm³/mol.